The smallest absolute Gasteiger partial charge is 0.387 e. The van der Waals surface area contributed by atoms with Crippen LogP contribution in [0.3, 0.4) is 0 Å². The lowest BCUT2D eigenvalue weighted by Gasteiger charge is -2.12. The van der Waals surface area contributed by atoms with Crippen molar-refractivity contribution in [2.75, 3.05) is 19.0 Å². The second-order valence-corrected chi connectivity index (χ2v) is 5.35. The lowest BCUT2D eigenvalue weighted by molar-refractivity contribution is -0.0497. The number of methoxy groups -OCH3 is 1. The number of carbonyl (C=O) groups is 1. The maximum Gasteiger partial charge on any atom is 0.387 e. The minimum absolute atomic E-state index is 0.0474. The van der Waals surface area contributed by atoms with E-state index in [1.165, 1.54) is 31.4 Å². The average Bonchev–Trinajstić information content (AvgIpc) is 2.61. The van der Waals surface area contributed by atoms with Gasteiger partial charge in [0.15, 0.2) is 11.5 Å². The van der Waals surface area contributed by atoms with Gasteiger partial charge in [0.05, 0.1) is 12.1 Å². The monoisotopic (exact) mass is 383 g/mol. The molecule has 0 spiro atoms. The summed E-state index contributed by atoms with van der Waals surface area (Å²) in [5.41, 5.74) is 0.643. The van der Waals surface area contributed by atoms with Gasteiger partial charge in [-0.25, -0.2) is 0 Å². The fourth-order valence-electron chi connectivity index (χ4n) is 2.05. The van der Waals surface area contributed by atoms with Gasteiger partial charge in [0.1, 0.15) is 12.4 Å². The van der Waals surface area contributed by atoms with Gasteiger partial charge in [0, 0.05) is 11.3 Å². The molecule has 0 heterocycles. The van der Waals surface area contributed by atoms with Gasteiger partial charge in [0.2, 0.25) is 0 Å². The number of ether oxygens (including phenoxy) is 3. The summed E-state index contributed by atoms with van der Waals surface area (Å²) in [6.07, 6.45) is 1.59. The number of benzene rings is 2. The predicted octanol–water partition coefficient (Wildman–Crippen LogP) is 4.77. The molecule has 2 rings (SSSR count). The number of amides is 1. The maximum absolute atomic E-state index is 12.4. The number of carbonyl (C=O) groups excluding carboxylic acids is 1. The molecule has 26 heavy (non-hydrogen) atoms. The Morgan fingerprint density at radius 3 is 2.58 bits per heavy atom. The Bertz CT molecular complexity index is 799. The van der Waals surface area contributed by atoms with Crippen LogP contribution in [0.5, 0.6) is 17.2 Å². The van der Waals surface area contributed by atoms with Crippen LogP contribution in [0.1, 0.15) is 10.4 Å². The first-order valence-electron chi connectivity index (χ1n) is 7.42. The highest BCUT2D eigenvalue weighted by atomic mass is 35.5. The highest BCUT2D eigenvalue weighted by Crippen LogP contribution is 2.30. The maximum atomic E-state index is 12.4. The number of alkyl halides is 2. The van der Waals surface area contributed by atoms with Crippen LogP contribution in [-0.4, -0.2) is 26.2 Å². The van der Waals surface area contributed by atoms with E-state index >= 15 is 0 Å². The summed E-state index contributed by atoms with van der Waals surface area (Å²) in [6, 6.07) is 8.65. The van der Waals surface area contributed by atoms with E-state index in [4.69, 9.17) is 21.1 Å². The van der Waals surface area contributed by atoms with Gasteiger partial charge < -0.3 is 19.5 Å². The molecule has 0 bridgehead atoms. The Labute approximate surface area is 154 Å². The lowest BCUT2D eigenvalue weighted by atomic mass is 10.1. The van der Waals surface area contributed by atoms with E-state index in [9.17, 15) is 13.6 Å². The number of rotatable bonds is 8. The molecular formula is C18H16ClF2NO4. The van der Waals surface area contributed by atoms with Crippen LogP contribution >= 0.6 is 11.6 Å². The molecule has 5 nitrogen and oxygen atoms in total. The second kappa shape index (κ2) is 9.05. The summed E-state index contributed by atoms with van der Waals surface area (Å²) in [5.74, 6) is 0.251. The van der Waals surface area contributed by atoms with E-state index in [2.05, 4.69) is 16.6 Å². The van der Waals surface area contributed by atoms with Gasteiger partial charge >= 0.3 is 6.61 Å². The molecule has 138 valence electrons. The number of anilines is 1. The third-order valence-electron chi connectivity index (χ3n) is 3.19. The molecule has 1 amide bonds. The van der Waals surface area contributed by atoms with Gasteiger partial charge in [-0.15, -0.1) is 0 Å². The number of hydrogen-bond acceptors (Lipinski definition) is 4. The van der Waals surface area contributed by atoms with Gasteiger partial charge in [-0.2, -0.15) is 8.78 Å². The molecular weight excluding hydrogens is 368 g/mol. The van der Waals surface area contributed by atoms with E-state index < -0.39 is 12.5 Å². The van der Waals surface area contributed by atoms with Crippen LogP contribution in [-0.2, 0) is 0 Å². The summed E-state index contributed by atoms with van der Waals surface area (Å²) in [4.78, 5) is 12.4. The van der Waals surface area contributed by atoms with E-state index in [0.717, 1.165) is 0 Å². The van der Waals surface area contributed by atoms with Crippen LogP contribution in [0.4, 0.5) is 14.5 Å². The second-order valence-electron chi connectivity index (χ2n) is 4.94. The molecule has 2 aromatic carbocycles. The molecule has 0 saturated heterocycles. The van der Waals surface area contributed by atoms with Crippen LogP contribution in [0.25, 0.3) is 0 Å². The summed E-state index contributed by atoms with van der Waals surface area (Å²) >= 11 is 5.87. The highest BCUT2D eigenvalue weighted by Gasteiger charge is 2.13. The van der Waals surface area contributed by atoms with Crippen molar-refractivity contribution in [2.24, 2.45) is 0 Å². The molecule has 0 aliphatic heterocycles. The number of halogens is 3. The van der Waals surface area contributed by atoms with E-state index in [-0.39, 0.29) is 10.8 Å². The van der Waals surface area contributed by atoms with Crippen molar-refractivity contribution in [1.29, 1.82) is 0 Å². The van der Waals surface area contributed by atoms with Crippen molar-refractivity contribution < 1.29 is 27.8 Å². The minimum atomic E-state index is -2.98. The Hall–Kier alpha value is -2.80. The van der Waals surface area contributed by atoms with Crippen molar-refractivity contribution in [3.63, 3.8) is 0 Å². The minimum Gasteiger partial charge on any atom is -0.493 e. The quantitative estimate of drug-likeness (QED) is 0.667. The molecule has 0 atom stereocenters. The van der Waals surface area contributed by atoms with Gasteiger partial charge in [-0.05, 0) is 36.4 Å². The standard InChI is InChI=1S/C18H16ClF2NO4/c1-3-8-25-15-6-4-11(9-16(15)24-2)17(23)22-12-5-7-14(13(19)10-12)26-18(20)21/h3-7,9-10,18H,1,8H2,2H3,(H,22,23). The number of hydrogen-bond donors (Lipinski definition) is 1. The molecule has 0 aliphatic rings. The molecule has 2 aromatic rings. The molecule has 0 aliphatic carbocycles. The normalized spacial score (nSPS) is 10.3. The molecule has 0 fully saturated rings. The molecule has 8 heteroatoms. The van der Waals surface area contributed by atoms with Crippen LogP contribution in [0, 0.1) is 0 Å². The molecule has 1 N–H and O–H groups in total. The lowest BCUT2D eigenvalue weighted by Crippen LogP contribution is -2.12. The van der Waals surface area contributed by atoms with Crippen LogP contribution < -0.4 is 19.5 Å². The van der Waals surface area contributed by atoms with E-state index in [0.29, 0.717) is 29.4 Å². The van der Waals surface area contributed by atoms with E-state index in [1.54, 1.807) is 18.2 Å². The molecule has 0 saturated carbocycles. The first-order chi connectivity index (χ1) is 12.4. The molecule has 0 unspecified atom stereocenters. The van der Waals surface area contributed by atoms with Crippen molar-refractivity contribution in [3.8, 4) is 17.2 Å². The van der Waals surface area contributed by atoms with Gasteiger partial charge in [0.25, 0.3) is 5.91 Å². The predicted molar refractivity (Wildman–Crippen MR) is 94.7 cm³/mol. The zero-order chi connectivity index (χ0) is 19.1. The van der Waals surface area contributed by atoms with Crippen molar-refractivity contribution in [2.45, 2.75) is 6.61 Å². The highest BCUT2D eigenvalue weighted by molar-refractivity contribution is 6.32. The van der Waals surface area contributed by atoms with Crippen LogP contribution in [0.15, 0.2) is 49.1 Å². The Balaban J connectivity index is 2.14. The molecule has 0 radical (unpaired) electrons. The Morgan fingerprint density at radius 2 is 1.96 bits per heavy atom. The summed E-state index contributed by atoms with van der Waals surface area (Å²) < 4.78 is 39.4. The Kier molecular flexibility index (Phi) is 6.80. The van der Waals surface area contributed by atoms with Gasteiger partial charge in [-0.1, -0.05) is 24.3 Å². The van der Waals surface area contributed by atoms with Gasteiger partial charge in [-0.3, -0.25) is 4.79 Å². The zero-order valence-corrected chi connectivity index (χ0v) is 14.6. The third-order valence-corrected chi connectivity index (χ3v) is 3.48. The fraction of sp³-hybridized carbons (Fsp3) is 0.167. The first-order valence-corrected chi connectivity index (χ1v) is 7.80. The van der Waals surface area contributed by atoms with Crippen LogP contribution in [0.2, 0.25) is 5.02 Å². The fourth-order valence-corrected chi connectivity index (χ4v) is 2.28. The SMILES string of the molecule is C=CCOc1ccc(C(=O)Nc2ccc(OC(F)F)c(Cl)c2)cc1OC. The van der Waals surface area contributed by atoms with E-state index in [1.807, 2.05) is 0 Å². The zero-order valence-electron chi connectivity index (χ0n) is 13.8. The Morgan fingerprint density at radius 1 is 1.23 bits per heavy atom. The number of nitrogens with one attached hydrogen (secondary N) is 1. The van der Waals surface area contributed by atoms with Crippen molar-refractivity contribution in [3.05, 3.63) is 59.6 Å². The third kappa shape index (κ3) is 5.10. The average molecular weight is 384 g/mol. The largest absolute Gasteiger partial charge is 0.493 e. The summed E-state index contributed by atoms with van der Waals surface area (Å²) in [7, 11) is 1.46. The molecule has 0 aromatic heterocycles. The van der Waals surface area contributed by atoms with Crippen molar-refractivity contribution >= 4 is 23.2 Å². The summed E-state index contributed by atoms with van der Waals surface area (Å²) in [6.45, 7) is 0.877. The first kappa shape index (κ1) is 19.5. The summed E-state index contributed by atoms with van der Waals surface area (Å²) in [5, 5.41) is 2.57. The topological polar surface area (TPSA) is 56.8 Å². The van der Waals surface area contributed by atoms with Crippen molar-refractivity contribution in [1.82, 2.24) is 0 Å².